The molecule has 0 aliphatic carbocycles. The Morgan fingerprint density at radius 2 is 1.87 bits per heavy atom. The highest BCUT2D eigenvalue weighted by atomic mass is 16.5. The van der Waals surface area contributed by atoms with E-state index in [0.717, 1.165) is 34.4 Å². The summed E-state index contributed by atoms with van der Waals surface area (Å²) in [5.41, 5.74) is 4.05. The fraction of sp³-hybridized carbons (Fsp3) is 0.350. The van der Waals surface area contributed by atoms with Gasteiger partial charge in [0.25, 0.3) is 5.91 Å². The van der Waals surface area contributed by atoms with Gasteiger partial charge in [0.05, 0.1) is 6.04 Å². The van der Waals surface area contributed by atoms with Crippen LogP contribution in [0.5, 0.6) is 5.75 Å². The number of nitrogens with one attached hydrogen (secondary N) is 1. The van der Waals surface area contributed by atoms with Crippen molar-refractivity contribution in [2.24, 2.45) is 0 Å². The molecular weight excluding hydrogens is 286 g/mol. The number of carbonyl (C=O) groups excluding carboxylic acids is 1. The van der Waals surface area contributed by atoms with Crippen LogP contribution in [-0.4, -0.2) is 18.6 Å². The summed E-state index contributed by atoms with van der Waals surface area (Å²) in [6, 6.07) is 13.7. The molecule has 2 rings (SSSR count). The van der Waals surface area contributed by atoms with Crippen LogP contribution in [0.4, 0.5) is 0 Å². The average Bonchev–Trinajstić information content (AvgIpc) is 2.54. The predicted molar refractivity (Wildman–Crippen MR) is 94.1 cm³/mol. The SMILES string of the molecule is CCC(COc1cccc(C)c1)NC(=O)c1cccc(C)c1C. The molecule has 0 aromatic heterocycles. The number of rotatable bonds is 6. The molecule has 3 nitrogen and oxygen atoms in total. The standard InChI is InChI=1S/C20H25NO2/c1-5-17(13-23-18-10-6-8-14(2)12-18)21-20(22)19-11-7-9-15(3)16(19)4/h6-12,17H,5,13H2,1-4H3,(H,21,22). The maximum atomic E-state index is 12.5. The first kappa shape index (κ1) is 17.1. The lowest BCUT2D eigenvalue weighted by molar-refractivity contribution is 0.0919. The highest BCUT2D eigenvalue weighted by Gasteiger charge is 2.15. The van der Waals surface area contributed by atoms with Gasteiger partial charge < -0.3 is 10.1 Å². The van der Waals surface area contributed by atoms with Crippen LogP contribution >= 0.6 is 0 Å². The minimum atomic E-state index is -0.0362. The Morgan fingerprint density at radius 3 is 2.57 bits per heavy atom. The smallest absolute Gasteiger partial charge is 0.251 e. The van der Waals surface area contributed by atoms with Crippen molar-refractivity contribution in [2.75, 3.05) is 6.61 Å². The van der Waals surface area contributed by atoms with Crippen LogP contribution in [0.1, 0.15) is 40.4 Å². The maximum Gasteiger partial charge on any atom is 0.251 e. The average molecular weight is 311 g/mol. The van der Waals surface area contributed by atoms with Gasteiger partial charge in [-0.15, -0.1) is 0 Å². The summed E-state index contributed by atoms with van der Waals surface area (Å²) >= 11 is 0. The predicted octanol–water partition coefficient (Wildman–Crippen LogP) is 4.20. The van der Waals surface area contributed by atoms with Gasteiger partial charge in [-0.2, -0.15) is 0 Å². The molecule has 1 amide bonds. The van der Waals surface area contributed by atoms with Crippen LogP contribution in [0, 0.1) is 20.8 Å². The molecule has 1 unspecified atom stereocenters. The molecule has 1 N–H and O–H groups in total. The quantitative estimate of drug-likeness (QED) is 0.868. The first-order valence-electron chi connectivity index (χ1n) is 8.07. The first-order chi connectivity index (χ1) is 11.0. The summed E-state index contributed by atoms with van der Waals surface area (Å²) in [6.07, 6.45) is 0.822. The molecule has 0 heterocycles. The zero-order valence-corrected chi connectivity index (χ0v) is 14.3. The van der Waals surface area contributed by atoms with E-state index < -0.39 is 0 Å². The molecule has 0 radical (unpaired) electrons. The molecule has 3 heteroatoms. The number of hydrogen-bond acceptors (Lipinski definition) is 2. The van der Waals surface area contributed by atoms with Gasteiger partial charge in [-0.3, -0.25) is 4.79 Å². The molecule has 1 atom stereocenters. The Balaban J connectivity index is 1.99. The minimum absolute atomic E-state index is 0.0112. The zero-order valence-electron chi connectivity index (χ0n) is 14.3. The molecule has 0 fully saturated rings. The molecule has 0 bridgehead atoms. The van der Waals surface area contributed by atoms with E-state index in [1.807, 2.05) is 70.2 Å². The third kappa shape index (κ3) is 4.59. The van der Waals surface area contributed by atoms with E-state index in [-0.39, 0.29) is 11.9 Å². The molecule has 23 heavy (non-hydrogen) atoms. The highest BCUT2D eigenvalue weighted by Crippen LogP contribution is 2.15. The summed E-state index contributed by atoms with van der Waals surface area (Å²) in [5, 5.41) is 3.07. The van der Waals surface area contributed by atoms with Crippen LogP contribution in [0.3, 0.4) is 0 Å². The van der Waals surface area contributed by atoms with Crippen LogP contribution < -0.4 is 10.1 Å². The Labute approximate surface area is 138 Å². The molecular formula is C20H25NO2. The van der Waals surface area contributed by atoms with Crippen molar-refractivity contribution in [3.05, 3.63) is 64.7 Å². The number of amides is 1. The molecule has 0 aliphatic heterocycles. The third-order valence-electron chi connectivity index (χ3n) is 4.12. The van der Waals surface area contributed by atoms with E-state index in [0.29, 0.717) is 6.61 Å². The van der Waals surface area contributed by atoms with Crippen LogP contribution in [0.2, 0.25) is 0 Å². The van der Waals surface area contributed by atoms with Gasteiger partial charge in [0, 0.05) is 5.56 Å². The van der Waals surface area contributed by atoms with Crippen molar-refractivity contribution in [3.8, 4) is 5.75 Å². The Bertz CT molecular complexity index is 679. The molecule has 2 aromatic carbocycles. The molecule has 0 saturated carbocycles. The summed E-state index contributed by atoms with van der Waals surface area (Å²) < 4.78 is 5.82. The fourth-order valence-electron chi connectivity index (χ4n) is 2.42. The first-order valence-corrected chi connectivity index (χ1v) is 8.07. The lowest BCUT2D eigenvalue weighted by atomic mass is 10.0. The second-order valence-electron chi connectivity index (χ2n) is 5.95. The molecule has 0 spiro atoms. The van der Waals surface area contributed by atoms with Crippen molar-refractivity contribution in [3.63, 3.8) is 0 Å². The lowest BCUT2D eigenvalue weighted by Gasteiger charge is -2.19. The molecule has 2 aromatic rings. The zero-order chi connectivity index (χ0) is 16.8. The van der Waals surface area contributed by atoms with Crippen molar-refractivity contribution < 1.29 is 9.53 Å². The topological polar surface area (TPSA) is 38.3 Å². The minimum Gasteiger partial charge on any atom is -0.491 e. The van der Waals surface area contributed by atoms with Gasteiger partial charge in [-0.1, -0.05) is 31.2 Å². The summed E-state index contributed by atoms with van der Waals surface area (Å²) in [6.45, 7) is 8.55. The van der Waals surface area contributed by atoms with Crippen molar-refractivity contribution in [1.82, 2.24) is 5.32 Å². The number of aryl methyl sites for hydroxylation is 2. The second-order valence-corrected chi connectivity index (χ2v) is 5.95. The third-order valence-corrected chi connectivity index (χ3v) is 4.12. The van der Waals surface area contributed by atoms with Gasteiger partial charge in [0.2, 0.25) is 0 Å². The van der Waals surface area contributed by atoms with E-state index in [2.05, 4.69) is 5.32 Å². The number of ether oxygens (including phenoxy) is 1. The van der Waals surface area contributed by atoms with E-state index in [1.54, 1.807) is 0 Å². The van der Waals surface area contributed by atoms with E-state index in [9.17, 15) is 4.79 Å². The van der Waals surface area contributed by atoms with Crippen molar-refractivity contribution in [2.45, 2.75) is 40.2 Å². The van der Waals surface area contributed by atoms with Gasteiger partial charge in [0.15, 0.2) is 0 Å². The number of hydrogen-bond donors (Lipinski definition) is 1. The van der Waals surface area contributed by atoms with Crippen LogP contribution in [-0.2, 0) is 0 Å². The summed E-state index contributed by atoms with van der Waals surface area (Å²) in [7, 11) is 0. The summed E-state index contributed by atoms with van der Waals surface area (Å²) in [4.78, 5) is 12.5. The van der Waals surface area contributed by atoms with Gasteiger partial charge in [0.1, 0.15) is 12.4 Å². The van der Waals surface area contributed by atoms with Crippen LogP contribution in [0.25, 0.3) is 0 Å². The highest BCUT2D eigenvalue weighted by molar-refractivity contribution is 5.96. The van der Waals surface area contributed by atoms with E-state index >= 15 is 0 Å². The normalized spacial score (nSPS) is 11.8. The van der Waals surface area contributed by atoms with Crippen molar-refractivity contribution >= 4 is 5.91 Å². The largest absolute Gasteiger partial charge is 0.491 e. The van der Waals surface area contributed by atoms with Crippen LogP contribution in [0.15, 0.2) is 42.5 Å². The summed E-state index contributed by atoms with van der Waals surface area (Å²) in [5.74, 6) is 0.801. The van der Waals surface area contributed by atoms with E-state index in [1.165, 1.54) is 0 Å². The maximum absolute atomic E-state index is 12.5. The molecule has 0 saturated heterocycles. The lowest BCUT2D eigenvalue weighted by Crippen LogP contribution is -2.39. The number of carbonyl (C=O) groups is 1. The second kappa shape index (κ2) is 7.82. The fourth-order valence-corrected chi connectivity index (χ4v) is 2.42. The number of benzene rings is 2. The monoisotopic (exact) mass is 311 g/mol. The Hall–Kier alpha value is -2.29. The van der Waals surface area contributed by atoms with Crippen molar-refractivity contribution in [1.29, 1.82) is 0 Å². The molecule has 0 aliphatic rings. The van der Waals surface area contributed by atoms with Gasteiger partial charge in [-0.25, -0.2) is 0 Å². The Kier molecular flexibility index (Phi) is 5.80. The Morgan fingerprint density at radius 1 is 1.13 bits per heavy atom. The molecule has 122 valence electrons. The van der Waals surface area contributed by atoms with Gasteiger partial charge in [-0.05, 0) is 62.1 Å². The van der Waals surface area contributed by atoms with E-state index in [4.69, 9.17) is 4.74 Å². The van der Waals surface area contributed by atoms with Gasteiger partial charge >= 0.3 is 0 Å².